The molecule has 0 aliphatic heterocycles. The number of rotatable bonds is 8. The van der Waals surface area contributed by atoms with E-state index in [-0.39, 0.29) is 23.8 Å². The van der Waals surface area contributed by atoms with Crippen LogP contribution in [0.1, 0.15) is 18.4 Å². The number of unbranched alkanes of at least 4 members (excludes halogenated alkanes) is 1. The van der Waals surface area contributed by atoms with Gasteiger partial charge in [-0.3, -0.25) is 9.79 Å². The van der Waals surface area contributed by atoms with Gasteiger partial charge in [0, 0.05) is 19.5 Å². The lowest BCUT2D eigenvalue weighted by atomic mass is 10.1. The molecule has 0 fully saturated rings. The van der Waals surface area contributed by atoms with Gasteiger partial charge in [-0.05, 0) is 46.5 Å². The maximum atomic E-state index is 11.9. The Kier molecular flexibility index (Phi) is 7.89. The highest BCUT2D eigenvalue weighted by atomic mass is 79.9. The van der Waals surface area contributed by atoms with Crippen LogP contribution in [0.3, 0.4) is 0 Å². The third-order valence-electron chi connectivity index (χ3n) is 2.93. The predicted molar refractivity (Wildman–Crippen MR) is 91.7 cm³/mol. The fraction of sp³-hybridized carbons (Fsp3) is 0.357. The molecule has 0 heterocycles. The van der Waals surface area contributed by atoms with E-state index in [1.807, 2.05) is 0 Å². The largest absolute Gasteiger partial charge is 0.507 e. The zero-order valence-corrected chi connectivity index (χ0v) is 14.1. The van der Waals surface area contributed by atoms with Crippen LogP contribution < -0.4 is 16.8 Å². The van der Waals surface area contributed by atoms with E-state index in [9.17, 15) is 9.90 Å². The van der Waals surface area contributed by atoms with Crippen LogP contribution in [0.15, 0.2) is 32.8 Å². The van der Waals surface area contributed by atoms with Gasteiger partial charge in [-0.25, -0.2) is 0 Å². The number of phenolic OH excluding ortho intramolecular Hbond substituents is 1. The predicted octanol–water partition coefficient (Wildman–Crippen LogP) is 0.697. The quantitative estimate of drug-likeness (QED) is 0.147. The van der Waals surface area contributed by atoms with Crippen LogP contribution in [0.5, 0.6) is 5.75 Å². The Morgan fingerprint density at radius 2 is 2.04 bits per heavy atom. The average molecular weight is 386 g/mol. The summed E-state index contributed by atoms with van der Waals surface area (Å²) in [6.45, 7) is 0.928. The molecule has 8 nitrogen and oxygen atoms in total. The van der Waals surface area contributed by atoms with Crippen molar-refractivity contribution in [1.82, 2.24) is 5.32 Å². The van der Waals surface area contributed by atoms with Gasteiger partial charge in [-0.15, -0.1) is 0 Å². The highest BCUT2D eigenvalue weighted by molar-refractivity contribution is 9.10. The number of halogens is 1. The molecule has 1 aromatic rings. The second kappa shape index (κ2) is 9.67. The number of aliphatic imine (C=N–C) groups is 1. The number of aromatic hydroxyl groups is 1. The molecule has 9 heteroatoms. The van der Waals surface area contributed by atoms with Crippen LogP contribution in [0.25, 0.3) is 0 Å². The molecule has 0 radical (unpaired) electrons. The summed E-state index contributed by atoms with van der Waals surface area (Å²) in [5.41, 5.74) is 11.1. The smallest absolute Gasteiger partial charge is 0.269 e. The number of guanidine groups is 1. The lowest BCUT2D eigenvalue weighted by Gasteiger charge is -2.07. The van der Waals surface area contributed by atoms with Gasteiger partial charge < -0.3 is 27.1 Å². The molecule has 0 spiro atoms. The van der Waals surface area contributed by atoms with Gasteiger partial charge in [0.25, 0.3) is 5.91 Å². The zero-order chi connectivity index (χ0) is 17.2. The fourth-order valence-electron chi connectivity index (χ4n) is 1.76. The maximum Gasteiger partial charge on any atom is 0.269 e. The summed E-state index contributed by atoms with van der Waals surface area (Å²) < 4.78 is 0.507. The minimum atomic E-state index is -0.446. The van der Waals surface area contributed by atoms with Crippen LogP contribution in [-0.4, -0.2) is 41.0 Å². The van der Waals surface area contributed by atoms with Crippen molar-refractivity contribution in [3.8, 4) is 5.75 Å². The van der Waals surface area contributed by atoms with Crippen molar-refractivity contribution < 1.29 is 15.1 Å². The maximum absolute atomic E-state index is 11.9. The van der Waals surface area contributed by atoms with E-state index >= 15 is 0 Å². The minimum Gasteiger partial charge on any atom is -0.507 e. The second-order valence-electron chi connectivity index (χ2n) is 4.78. The lowest BCUT2D eigenvalue weighted by molar-refractivity contribution is -0.115. The summed E-state index contributed by atoms with van der Waals surface area (Å²) in [6.07, 6.45) is 1.58. The molecule has 0 bridgehead atoms. The molecule has 1 amide bonds. The van der Waals surface area contributed by atoms with Crippen molar-refractivity contribution >= 4 is 33.5 Å². The van der Waals surface area contributed by atoms with Gasteiger partial charge >= 0.3 is 0 Å². The van der Waals surface area contributed by atoms with Crippen molar-refractivity contribution in [2.75, 3.05) is 13.1 Å². The first-order valence-electron chi connectivity index (χ1n) is 6.96. The molecule has 0 aliphatic carbocycles. The number of carbonyl (C=O) groups is 1. The molecule has 0 unspecified atom stereocenters. The summed E-state index contributed by atoms with van der Waals surface area (Å²) in [5, 5.41) is 24.2. The molecule has 0 aromatic heterocycles. The van der Waals surface area contributed by atoms with Gasteiger partial charge in [0.1, 0.15) is 11.5 Å². The first kappa shape index (κ1) is 18.8. The molecule has 1 rings (SSSR count). The zero-order valence-electron chi connectivity index (χ0n) is 12.5. The van der Waals surface area contributed by atoms with E-state index in [4.69, 9.17) is 16.7 Å². The third-order valence-corrected chi connectivity index (χ3v) is 3.57. The fourth-order valence-corrected chi connectivity index (χ4v) is 2.19. The summed E-state index contributed by atoms with van der Waals surface area (Å²) in [6, 6.07) is 4.80. The summed E-state index contributed by atoms with van der Waals surface area (Å²) in [5.74, 6) is -0.302. The molecule has 7 N–H and O–H groups in total. The first-order valence-corrected chi connectivity index (χ1v) is 7.75. The highest BCUT2D eigenvalue weighted by Gasteiger charge is 2.13. The molecule has 1 aromatic carbocycles. The molecule has 0 atom stereocenters. The van der Waals surface area contributed by atoms with Crippen LogP contribution >= 0.6 is 15.9 Å². The number of nitrogens with one attached hydrogen (secondary N) is 1. The van der Waals surface area contributed by atoms with Crippen LogP contribution in [0, 0.1) is 0 Å². The number of benzene rings is 1. The van der Waals surface area contributed by atoms with E-state index in [2.05, 4.69) is 31.4 Å². The van der Waals surface area contributed by atoms with Gasteiger partial charge in [0.2, 0.25) is 0 Å². The Labute approximate surface area is 142 Å². The number of amides is 1. The molecule has 0 saturated carbocycles. The number of nitrogens with zero attached hydrogens (tertiary/aromatic N) is 2. The minimum absolute atomic E-state index is 0.00758. The normalized spacial score (nSPS) is 11.1. The first-order chi connectivity index (χ1) is 10.9. The Morgan fingerprint density at radius 1 is 1.30 bits per heavy atom. The van der Waals surface area contributed by atoms with E-state index in [0.717, 1.165) is 12.0 Å². The van der Waals surface area contributed by atoms with E-state index in [1.165, 1.54) is 6.07 Å². The molecule has 126 valence electrons. The van der Waals surface area contributed by atoms with Crippen molar-refractivity contribution in [3.63, 3.8) is 0 Å². The van der Waals surface area contributed by atoms with E-state index in [0.29, 0.717) is 24.0 Å². The number of hydrogen-bond acceptors (Lipinski definition) is 5. The number of hydrogen-bond donors (Lipinski definition) is 5. The van der Waals surface area contributed by atoms with Gasteiger partial charge in [0.15, 0.2) is 5.96 Å². The van der Waals surface area contributed by atoms with Gasteiger partial charge in [0.05, 0.1) is 4.47 Å². The Balaban J connectivity index is 2.43. The SMILES string of the molecule is NC(N)=NCCCCNC(=O)/C(Cc1ccc(O)c(Br)c1)=N/O. The van der Waals surface area contributed by atoms with E-state index in [1.54, 1.807) is 12.1 Å². The highest BCUT2D eigenvalue weighted by Crippen LogP contribution is 2.24. The summed E-state index contributed by atoms with van der Waals surface area (Å²) in [7, 11) is 0. The third kappa shape index (κ3) is 7.00. The summed E-state index contributed by atoms with van der Waals surface area (Å²) >= 11 is 3.19. The Hall–Kier alpha value is -2.29. The molecule has 0 saturated heterocycles. The Morgan fingerprint density at radius 3 is 2.65 bits per heavy atom. The molecule has 0 aliphatic rings. The topological polar surface area (TPSA) is 146 Å². The number of phenols is 1. The molecule has 23 heavy (non-hydrogen) atoms. The number of oxime groups is 1. The number of carbonyl (C=O) groups excluding carboxylic acids is 1. The number of nitrogens with two attached hydrogens (primary N) is 2. The Bertz CT molecular complexity index is 600. The standard InChI is InChI=1S/C14H20BrN5O3/c15-10-7-9(3-4-12(10)21)8-11(20-23)13(22)18-5-1-2-6-19-14(16)17/h3-4,7,21,23H,1-2,5-6,8H2,(H,18,22)(H4,16,17,19)/b20-11+. The van der Waals surface area contributed by atoms with Crippen LogP contribution in [0.2, 0.25) is 0 Å². The van der Waals surface area contributed by atoms with Crippen LogP contribution in [-0.2, 0) is 11.2 Å². The van der Waals surface area contributed by atoms with E-state index < -0.39 is 5.91 Å². The monoisotopic (exact) mass is 385 g/mol. The van der Waals surface area contributed by atoms with Crippen LogP contribution in [0.4, 0.5) is 0 Å². The van der Waals surface area contributed by atoms with Crippen molar-refractivity contribution in [2.45, 2.75) is 19.3 Å². The van der Waals surface area contributed by atoms with Crippen molar-refractivity contribution in [3.05, 3.63) is 28.2 Å². The molecular weight excluding hydrogens is 366 g/mol. The van der Waals surface area contributed by atoms with Crippen molar-refractivity contribution in [1.29, 1.82) is 0 Å². The van der Waals surface area contributed by atoms with Gasteiger partial charge in [-0.1, -0.05) is 11.2 Å². The lowest BCUT2D eigenvalue weighted by Crippen LogP contribution is -2.33. The second-order valence-corrected chi connectivity index (χ2v) is 5.63. The summed E-state index contributed by atoms with van der Waals surface area (Å²) in [4.78, 5) is 15.8. The van der Waals surface area contributed by atoms with Gasteiger partial charge in [-0.2, -0.15) is 0 Å². The van der Waals surface area contributed by atoms with Crippen molar-refractivity contribution in [2.24, 2.45) is 21.6 Å². The molecular formula is C14H20BrN5O3. The average Bonchev–Trinajstić information content (AvgIpc) is 2.51.